The fourth-order valence-corrected chi connectivity index (χ4v) is 3.91. The van der Waals surface area contributed by atoms with E-state index in [1.54, 1.807) is 0 Å². The average Bonchev–Trinajstić information content (AvgIpc) is 3.42. The summed E-state index contributed by atoms with van der Waals surface area (Å²) in [6.07, 6.45) is 6.17. The summed E-state index contributed by atoms with van der Waals surface area (Å²) in [5.41, 5.74) is 0.998. The number of rotatable bonds is 6. The first kappa shape index (κ1) is 17.3. The quantitative estimate of drug-likeness (QED) is 0.777. The molecule has 1 unspecified atom stereocenters. The number of benzene rings is 1. The lowest BCUT2D eigenvalue weighted by molar-refractivity contribution is -0.201. The molecule has 5 heteroatoms. The molecule has 4 nitrogen and oxygen atoms in total. The van der Waals surface area contributed by atoms with E-state index in [4.69, 9.17) is 21.1 Å². The molecule has 0 N–H and O–H groups in total. The summed E-state index contributed by atoms with van der Waals surface area (Å²) in [6, 6.07) is 7.72. The van der Waals surface area contributed by atoms with E-state index in [1.165, 1.54) is 12.8 Å². The van der Waals surface area contributed by atoms with Gasteiger partial charge in [-0.15, -0.1) is 0 Å². The molecule has 136 valence electrons. The number of halogens is 1. The van der Waals surface area contributed by atoms with Gasteiger partial charge in [-0.2, -0.15) is 0 Å². The lowest BCUT2D eigenvalue weighted by Gasteiger charge is -2.53. The van der Waals surface area contributed by atoms with E-state index in [0.717, 1.165) is 62.1 Å². The Morgan fingerprint density at radius 1 is 1.24 bits per heavy atom. The molecule has 0 bridgehead atoms. The monoisotopic (exact) mass is 363 g/mol. The Kier molecular flexibility index (Phi) is 5.03. The third kappa shape index (κ3) is 4.36. The maximum Gasteiger partial charge on any atom is 0.223 e. The lowest BCUT2D eigenvalue weighted by atomic mass is 9.84. The molecule has 1 atom stereocenters. The summed E-state index contributed by atoms with van der Waals surface area (Å²) >= 11 is 5.89. The van der Waals surface area contributed by atoms with Crippen molar-refractivity contribution in [3.63, 3.8) is 0 Å². The number of hydrogen-bond acceptors (Lipinski definition) is 3. The van der Waals surface area contributed by atoms with Crippen LogP contribution in [0.4, 0.5) is 0 Å². The Bertz CT molecular complexity index is 608. The van der Waals surface area contributed by atoms with Gasteiger partial charge in [0.05, 0.1) is 19.2 Å². The Balaban J connectivity index is 1.21. The van der Waals surface area contributed by atoms with Crippen LogP contribution in [0.1, 0.15) is 37.7 Å². The summed E-state index contributed by atoms with van der Waals surface area (Å²) in [5.74, 6) is 1.01. The van der Waals surface area contributed by atoms with Gasteiger partial charge < -0.3 is 14.4 Å². The Morgan fingerprint density at radius 2 is 2.00 bits per heavy atom. The summed E-state index contributed by atoms with van der Waals surface area (Å²) in [4.78, 5) is 14.3. The summed E-state index contributed by atoms with van der Waals surface area (Å²) in [5, 5.41) is 0.729. The van der Waals surface area contributed by atoms with Crippen LogP contribution in [-0.4, -0.2) is 48.8 Å². The highest BCUT2D eigenvalue weighted by Crippen LogP contribution is 2.37. The van der Waals surface area contributed by atoms with Crippen LogP contribution in [-0.2, 0) is 20.7 Å². The van der Waals surface area contributed by atoms with Gasteiger partial charge in [-0.1, -0.05) is 23.7 Å². The van der Waals surface area contributed by atoms with Crippen LogP contribution in [0.2, 0.25) is 5.02 Å². The second kappa shape index (κ2) is 7.26. The van der Waals surface area contributed by atoms with E-state index in [9.17, 15) is 4.79 Å². The van der Waals surface area contributed by atoms with E-state index in [1.807, 2.05) is 29.2 Å². The molecule has 3 aliphatic rings. The van der Waals surface area contributed by atoms with Crippen molar-refractivity contribution in [2.24, 2.45) is 5.92 Å². The molecule has 1 saturated carbocycles. The number of nitrogens with zero attached hydrogens (tertiary/aromatic N) is 1. The predicted octanol–water partition coefficient (Wildman–Crippen LogP) is 3.46. The molecule has 2 heterocycles. The molecule has 1 aliphatic carbocycles. The molecular weight excluding hydrogens is 338 g/mol. The lowest BCUT2D eigenvalue weighted by Crippen LogP contribution is -2.67. The molecule has 25 heavy (non-hydrogen) atoms. The Morgan fingerprint density at radius 3 is 2.72 bits per heavy atom. The average molecular weight is 364 g/mol. The number of carbonyl (C=O) groups excluding carboxylic acids is 1. The van der Waals surface area contributed by atoms with Crippen LogP contribution in [0.3, 0.4) is 0 Å². The van der Waals surface area contributed by atoms with Gasteiger partial charge in [0, 0.05) is 31.1 Å². The fraction of sp³-hybridized carbons (Fsp3) is 0.650. The van der Waals surface area contributed by atoms with E-state index in [-0.39, 0.29) is 11.5 Å². The predicted molar refractivity (Wildman–Crippen MR) is 96.7 cm³/mol. The molecule has 1 aromatic rings. The van der Waals surface area contributed by atoms with Crippen LogP contribution in [0, 0.1) is 5.92 Å². The van der Waals surface area contributed by atoms with Crippen molar-refractivity contribution in [3.8, 4) is 0 Å². The van der Waals surface area contributed by atoms with Crippen LogP contribution in [0.15, 0.2) is 24.3 Å². The van der Waals surface area contributed by atoms with E-state index < -0.39 is 0 Å². The minimum Gasteiger partial charge on any atom is -0.378 e. The van der Waals surface area contributed by atoms with Crippen molar-refractivity contribution in [1.29, 1.82) is 0 Å². The molecule has 4 rings (SSSR count). The first-order chi connectivity index (χ1) is 12.1. The van der Waals surface area contributed by atoms with Gasteiger partial charge in [0.15, 0.2) is 0 Å². The van der Waals surface area contributed by atoms with Crippen molar-refractivity contribution in [1.82, 2.24) is 4.90 Å². The van der Waals surface area contributed by atoms with E-state index in [0.29, 0.717) is 12.5 Å². The number of amides is 1. The highest BCUT2D eigenvalue weighted by atomic mass is 35.5. The van der Waals surface area contributed by atoms with Crippen molar-refractivity contribution < 1.29 is 14.3 Å². The van der Waals surface area contributed by atoms with Gasteiger partial charge in [-0.25, -0.2) is 0 Å². The van der Waals surface area contributed by atoms with Crippen molar-refractivity contribution in [3.05, 3.63) is 34.9 Å². The molecule has 2 saturated heterocycles. The fourth-order valence-electron chi connectivity index (χ4n) is 3.79. The van der Waals surface area contributed by atoms with E-state index in [2.05, 4.69) is 0 Å². The van der Waals surface area contributed by atoms with Crippen LogP contribution < -0.4 is 0 Å². The minimum atomic E-state index is -0.150. The van der Waals surface area contributed by atoms with Crippen molar-refractivity contribution in [2.75, 3.05) is 26.3 Å². The highest BCUT2D eigenvalue weighted by molar-refractivity contribution is 6.30. The number of likely N-dealkylation sites (tertiary alicyclic amines) is 1. The largest absolute Gasteiger partial charge is 0.378 e. The van der Waals surface area contributed by atoms with Gasteiger partial charge in [0.25, 0.3) is 0 Å². The zero-order valence-corrected chi connectivity index (χ0v) is 15.3. The maximum absolute atomic E-state index is 12.4. The molecule has 1 aromatic carbocycles. The number of ether oxygens (including phenoxy) is 2. The highest BCUT2D eigenvalue weighted by Gasteiger charge is 2.49. The van der Waals surface area contributed by atoms with Crippen LogP contribution >= 0.6 is 11.6 Å². The molecule has 3 fully saturated rings. The second-order valence-corrected chi connectivity index (χ2v) is 8.24. The molecule has 1 spiro atoms. The number of hydrogen-bond donors (Lipinski definition) is 0. The molecular formula is C20H26ClNO3. The molecule has 0 aromatic heterocycles. The summed E-state index contributed by atoms with van der Waals surface area (Å²) in [7, 11) is 0. The topological polar surface area (TPSA) is 38.8 Å². The number of aryl methyl sites for hydroxylation is 1. The summed E-state index contributed by atoms with van der Waals surface area (Å²) < 4.78 is 12.1. The van der Waals surface area contributed by atoms with Gasteiger partial charge in [0.2, 0.25) is 5.91 Å². The molecule has 2 aliphatic heterocycles. The van der Waals surface area contributed by atoms with Crippen LogP contribution in [0.25, 0.3) is 0 Å². The number of carbonyl (C=O) groups is 1. The Hall–Kier alpha value is -1.10. The van der Waals surface area contributed by atoms with E-state index >= 15 is 0 Å². The maximum atomic E-state index is 12.4. The van der Waals surface area contributed by atoms with Crippen molar-refractivity contribution in [2.45, 2.75) is 50.2 Å². The van der Waals surface area contributed by atoms with Gasteiger partial charge in [0.1, 0.15) is 5.60 Å². The van der Waals surface area contributed by atoms with Gasteiger partial charge in [-0.3, -0.25) is 4.79 Å². The second-order valence-electron chi connectivity index (χ2n) is 7.80. The first-order valence-electron chi connectivity index (χ1n) is 9.40. The Labute approximate surface area is 154 Å². The molecule has 0 radical (unpaired) electrons. The third-order valence-corrected chi connectivity index (χ3v) is 5.82. The normalized spacial score (nSPS) is 25.0. The summed E-state index contributed by atoms with van der Waals surface area (Å²) in [6.45, 7) is 3.10. The standard InChI is InChI=1S/C20H26ClNO3/c21-17-6-3-15(4-7-17)5-8-19(23)22-13-20(14-22)11-18(9-10-25-20)24-12-16-1-2-16/h3-4,6-7,16,18H,1-2,5,8-14H2. The van der Waals surface area contributed by atoms with Gasteiger partial charge >= 0.3 is 0 Å². The van der Waals surface area contributed by atoms with Crippen molar-refractivity contribution >= 4 is 17.5 Å². The third-order valence-electron chi connectivity index (χ3n) is 5.56. The molecule has 1 amide bonds. The smallest absolute Gasteiger partial charge is 0.223 e. The first-order valence-corrected chi connectivity index (χ1v) is 9.77. The minimum absolute atomic E-state index is 0.150. The SMILES string of the molecule is O=C(CCc1ccc(Cl)cc1)N1CC2(CC(OCC3CC3)CCO2)C1. The van der Waals surface area contributed by atoms with Gasteiger partial charge in [-0.05, 0) is 49.3 Å². The zero-order chi connectivity index (χ0) is 17.3. The van der Waals surface area contributed by atoms with Crippen LogP contribution in [0.5, 0.6) is 0 Å². The zero-order valence-electron chi connectivity index (χ0n) is 14.6.